The second-order valence-electron chi connectivity index (χ2n) is 10.0. The van der Waals surface area contributed by atoms with Crippen molar-refractivity contribution in [1.82, 2.24) is 14.3 Å². The molecule has 0 aliphatic carbocycles. The van der Waals surface area contributed by atoms with E-state index in [0.717, 1.165) is 30.6 Å². The summed E-state index contributed by atoms with van der Waals surface area (Å²) in [5.74, 6) is 1.45. The highest BCUT2D eigenvalue weighted by Gasteiger charge is 2.37. The number of amides is 1. The molecule has 2 aliphatic rings. The van der Waals surface area contributed by atoms with Gasteiger partial charge in [0.2, 0.25) is 0 Å². The van der Waals surface area contributed by atoms with Gasteiger partial charge in [-0.05, 0) is 55.4 Å². The molecule has 0 spiro atoms. The Bertz CT molecular complexity index is 1420. The number of pyridine rings is 1. The second-order valence-corrected chi connectivity index (χ2v) is 11.7. The van der Waals surface area contributed by atoms with Crippen molar-refractivity contribution in [2.24, 2.45) is 11.8 Å². The van der Waals surface area contributed by atoms with Crippen molar-refractivity contribution < 1.29 is 4.79 Å². The Morgan fingerprint density at radius 2 is 1.78 bits per heavy atom. The first-order chi connectivity index (χ1) is 17.2. The Kier molecular flexibility index (Phi) is 6.74. The third-order valence-corrected chi connectivity index (χ3v) is 8.33. The Balaban J connectivity index is 1.62. The average molecular weight is 519 g/mol. The molecule has 0 radical (unpaired) electrons. The first kappa shape index (κ1) is 24.7. The summed E-state index contributed by atoms with van der Waals surface area (Å²) in [5.41, 5.74) is 2.85. The molecule has 2 saturated heterocycles. The molecule has 3 atom stereocenters. The lowest BCUT2D eigenvalue weighted by atomic mass is 9.91. The number of anilines is 1. The van der Waals surface area contributed by atoms with Crippen molar-refractivity contribution in [2.45, 2.75) is 40.2 Å². The fourth-order valence-electron chi connectivity index (χ4n) is 5.33. The van der Waals surface area contributed by atoms with Gasteiger partial charge in [0.15, 0.2) is 0 Å². The molecule has 2 aliphatic heterocycles. The van der Waals surface area contributed by atoms with Crippen LogP contribution >= 0.6 is 24.0 Å². The monoisotopic (exact) mass is 518 g/mol. The quantitative estimate of drug-likeness (QED) is 0.338. The smallest absolute Gasteiger partial charge is 0.267 e. The molecule has 1 aromatic carbocycles. The van der Waals surface area contributed by atoms with Gasteiger partial charge in [0.05, 0.1) is 16.5 Å². The van der Waals surface area contributed by atoms with Crippen LogP contribution in [0.15, 0.2) is 58.4 Å². The molecular formula is C28H30N4O2S2. The maximum atomic E-state index is 13.8. The second kappa shape index (κ2) is 9.82. The Labute approximate surface area is 221 Å². The highest BCUT2D eigenvalue weighted by molar-refractivity contribution is 8.26. The Hall–Kier alpha value is -2.97. The SMILES string of the molecule is Cc1cccn2c(=O)c(/C=C3\SC(=S)N(C(C)c4ccccc4)C3=O)c(N3CC(C)CC(C)C3)nc12. The lowest BCUT2D eigenvalue weighted by molar-refractivity contribution is -0.123. The van der Waals surface area contributed by atoms with Crippen molar-refractivity contribution in [2.75, 3.05) is 18.0 Å². The van der Waals surface area contributed by atoms with E-state index < -0.39 is 0 Å². The van der Waals surface area contributed by atoms with Crippen molar-refractivity contribution >= 4 is 51.7 Å². The third-order valence-electron chi connectivity index (χ3n) is 7.00. The van der Waals surface area contributed by atoms with E-state index in [4.69, 9.17) is 17.2 Å². The van der Waals surface area contributed by atoms with Crippen molar-refractivity contribution in [3.05, 3.63) is 80.6 Å². The largest absolute Gasteiger partial charge is 0.355 e. The van der Waals surface area contributed by atoms with E-state index in [9.17, 15) is 9.59 Å². The number of fused-ring (bicyclic) bond motifs is 1. The first-order valence-corrected chi connectivity index (χ1v) is 13.6. The molecule has 2 fully saturated rings. The number of hydrogen-bond acceptors (Lipinski definition) is 6. The van der Waals surface area contributed by atoms with Gasteiger partial charge in [-0.15, -0.1) is 0 Å². The molecular weight excluding hydrogens is 488 g/mol. The van der Waals surface area contributed by atoms with Gasteiger partial charge in [-0.1, -0.05) is 74.2 Å². The minimum Gasteiger partial charge on any atom is -0.355 e. The number of thiocarbonyl (C=S) groups is 1. The van der Waals surface area contributed by atoms with Crippen LogP contribution in [0.5, 0.6) is 0 Å². The van der Waals surface area contributed by atoms with E-state index in [1.165, 1.54) is 11.8 Å². The van der Waals surface area contributed by atoms with Crippen LogP contribution in [-0.2, 0) is 4.79 Å². The highest BCUT2D eigenvalue weighted by Crippen LogP contribution is 2.39. The third kappa shape index (κ3) is 4.48. The van der Waals surface area contributed by atoms with Gasteiger partial charge < -0.3 is 4.90 Å². The Morgan fingerprint density at radius 3 is 2.47 bits per heavy atom. The van der Waals surface area contributed by atoms with E-state index in [1.807, 2.05) is 56.3 Å². The minimum absolute atomic E-state index is 0.175. The van der Waals surface area contributed by atoms with Gasteiger partial charge in [-0.2, -0.15) is 0 Å². The van der Waals surface area contributed by atoms with Crippen LogP contribution in [0, 0.1) is 18.8 Å². The van der Waals surface area contributed by atoms with E-state index in [2.05, 4.69) is 18.7 Å². The molecule has 0 saturated carbocycles. The van der Waals surface area contributed by atoms with E-state index in [0.29, 0.717) is 38.1 Å². The lowest BCUT2D eigenvalue weighted by Crippen LogP contribution is -2.40. The number of nitrogens with zero attached hydrogens (tertiary/aromatic N) is 4. The maximum Gasteiger partial charge on any atom is 0.267 e. The fourth-order valence-corrected chi connectivity index (χ4v) is 6.73. The molecule has 2 aromatic heterocycles. The number of carbonyl (C=O) groups is 1. The van der Waals surface area contributed by atoms with E-state index in [1.54, 1.807) is 21.6 Å². The molecule has 1 amide bonds. The molecule has 4 heterocycles. The maximum absolute atomic E-state index is 13.8. The number of aryl methyl sites for hydroxylation is 1. The van der Waals surface area contributed by atoms with Crippen LogP contribution in [0.25, 0.3) is 11.7 Å². The predicted octanol–water partition coefficient (Wildman–Crippen LogP) is 5.45. The van der Waals surface area contributed by atoms with Gasteiger partial charge in [0.25, 0.3) is 11.5 Å². The van der Waals surface area contributed by atoms with Gasteiger partial charge >= 0.3 is 0 Å². The zero-order valence-electron chi connectivity index (χ0n) is 21.0. The summed E-state index contributed by atoms with van der Waals surface area (Å²) in [6, 6.07) is 13.4. The summed E-state index contributed by atoms with van der Waals surface area (Å²) in [6.07, 6.45) is 4.59. The zero-order chi connectivity index (χ0) is 25.6. The number of piperidine rings is 1. The molecule has 8 heteroatoms. The molecule has 3 unspecified atom stereocenters. The number of thioether (sulfide) groups is 1. The van der Waals surface area contributed by atoms with Crippen molar-refractivity contribution in [3.63, 3.8) is 0 Å². The molecule has 36 heavy (non-hydrogen) atoms. The van der Waals surface area contributed by atoms with Crippen LogP contribution in [0.3, 0.4) is 0 Å². The molecule has 0 N–H and O–H groups in total. The molecule has 0 bridgehead atoms. The number of aromatic nitrogens is 2. The summed E-state index contributed by atoms with van der Waals surface area (Å²) in [6.45, 7) is 10.1. The van der Waals surface area contributed by atoms with Crippen LogP contribution in [0.1, 0.15) is 49.9 Å². The fraction of sp³-hybridized carbons (Fsp3) is 0.357. The minimum atomic E-state index is -0.202. The number of rotatable bonds is 4. The van der Waals surface area contributed by atoms with Crippen LogP contribution in [-0.4, -0.2) is 37.6 Å². The van der Waals surface area contributed by atoms with Crippen LogP contribution in [0.2, 0.25) is 0 Å². The zero-order valence-corrected chi connectivity index (χ0v) is 22.6. The van der Waals surface area contributed by atoms with Gasteiger partial charge in [0.1, 0.15) is 15.8 Å². The molecule has 5 rings (SSSR count). The highest BCUT2D eigenvalue weighted by atomic mass is 32.2. The van der Waals surface area contributed by atoms with Gasteiger partial charge in [-0.3, -0.25) is 18.9 Å². The summed E-state index contributed by atoms with van der Waals surface area (Å²) in [5, 5.41) is 0. The summed E-state index contributed by atoms with van der Waals surface area (Å²) >= 11 is 6.87. The average Bonchev–Trinajstić information content (AvgIpc) is 3.13. The van der Waals surface area contributed by atoms with Crippen molar-refractivity contribution in [3.8, 4) is 0 Å². The lowest BCUT2D eigenvalue weighted by Gasteiger charge is -2.36. The first-order valence-electron chi connectivity index (χ1n) is 12.3. The number of hydrogen-bond donors (Lipinski definition) is 0. The van der Waals surface area contributed by atoms with Crippen LogP contribution < -0.4 is 10.5 Å². The summed E-state index contributed by atoms with van der Waals surface area (Å²) in [4.78, 5) is 36.7. The normalized spacial score (nSPS) is 22.6. The van der Waals surface area contributed by atoms with Crippen molar-refractivity contribution in [1.29, 1.82) is 0 Å². The van der Waals surface area contributed by atoms with E-state index >= 15 is 0 Å². The summed E-state index contributed by atoms with van der Waals surface area (Å²) < 4.78 is 2.07. The van der Waals surface area contributed by atoms with Crippen LogP contribution in [0.4, 0.5) is 5.82 Å². The number of benzene rings is 1. The Morgan fingerprint density at radius 1 is 1.08 bits per heavy atom. The standard InChI is InChI=1S/C28H30N4O2S2/c1-17-13-18(2)16-30(15-17)25-22(26(33)31-12-8-9-19(3)24(31)29-25)14-23-27(34)32(28(35)36-23)20(4)21-10-6-5-7-11-21/h5-12,14,17-18,20H,13,15-16H2,1-4H3/b23-14-. The van der Waals surface area contributed by atoms with Gasteiger partial charge in [0, 0.05) is 19.3 Å². The predicted molar refractivity (Wildman–Crippen MR) is 151 cm³/mol. The van der Waals surface area contributed by atoms with E-state index in [-0.39, 0.29) is 17.5 Å². The molecule has 3 aromatic rings. The molecule has 6 nitrogen and oxygen atoms in total. The number of carbonyl (C=O) groups excluding carboxylic acids is 1. The topological polar surface area (TPSA) is 57.9 Å². The summed E-state index contributed by atoms with van der Waals surface area (Å²) in [7, 11) is 0. The van der Waals surface area contributed by atoms with Gasteiger partial charge in [-0.25, -0.2) is 4.98 Å². The molecule has 186 valence electrons.